The third kappa shape index (κ3) is 3.39. The molecule has 0 aliphatic carbocycles. The molecule has 1 aliphatic heterocycles. The van der Waals surface area contributed by atoms with Crippen molar-refractivity contribution in [3.05, 3.63) is 34.3 Å². The van der Waals surface area contributed by atoms with Gasteiger partial charge in [-0.2, -0.15) is 13.2 Å². The molecule has 2 rings (SSSR count). The summed E-state index contributed by atoms with van der Waals surface area (Å²) in [5.74, 6) is 0.423. The molecule has 1 nitrogen and oxygen atoms in total. The molecule has 0 radical (unpaired) electrons. The topological polar surface area (TPSA) is 12.0 Å². The average Bonchev–Trinajstić information content (AvgIpc) is 2.32. The van der Waals surface area contributed by atoms with E-state index in [2.05, 4.69) is 5.32 Å². The summed E-state index contributed by atoms with van der Waals surface area (Å²) in [4.78, 5) is 0. The monoisotopic (exact) mass is 277 g/mol. The molecule has 0 saturated carbocycles. The molecule has 100 valence electrons. The van der Waals surface area contributed by atoms with E-state index in [9.17, 15) is 13.2 Å². The Balaban J connectivity index is 2.15. The summed E-state index contributed by atoms with van der Waals surface area (Å²) in [5.41, 5.74) is -0.00535. The van der Waals surface area contributed by atoms with Crippen LogP contribution in [0.15, 0.2) is 18.2 Å². The minimum atomic E-state index is -4.30. The van der Waals surface area contributed by atoms with E-state index < -0.39 is 11.7 Å². The van der Waals surface area contributed by atoms with Gasteiger partial charge < -0.3 is 5.32 Å². The molecule has 0 unspecified atom stereocenters. The molecule has 1 fully saturated rings. The van der Waals surface area contributed by atoms with Crippen LogP contribution in [-0.2, 0) is 12.6 Å². The van der Waals surface area contributed by atoms with Crippen molar-refractivity contribution in [3.8, 4) is 0 Å². The van der Waals surface area contributed by atoms with Gasteiger partial charge in [-0.15, -0.1) is 0 Å². The van der Waals surface area contributed by atoms with Crippen molar-refractivity contribution in [2.24, 2.45) is 5.92 Å². The van der Waals surface area contributed by atoms with Crippen molar-refractivity contribution < 1.29 is 13.2 Å². The fourth-order valence-corrected chi connectivity index (χ4v) is 2.50. The number of benzene rings is 1. The van der Waals surface area contributed by atoms with Gasteiger partial charge in [0.05, 0.1) is 5.56 Å². The van der Waals surface area contributed by atoms with Crippen molar-refractivity contribution in [1.82, 2.24) is 5.32 Å². The number of halogens is 4. The molecule has 1 heterocycles. The van der Waals surface area contributed by atoms with Gasteiger partial charge in [-0.3, -0.25) is 0 Å². The highest BCUT2D eigenvalue weighted by Gasteiger charge is 2.31. The lowest BCUT2D eigenvalue weighted by molar-refractivity contribution is -0.137. The molecule has 0 amide bonds. The van der Waals surface area contributed by atoms with Crippen molar-refractivity contribution in [1.29, 1.82) is 0 Å². The van der Waals surface area contributed by atoms with Crippen molar-refractivity contribution in [2.75, 3.05) is 13.1 Å². The highest BCUT2D eigenvalue weighted by atomic mass is 35.5. The van der Waals surface area contributed by atoms with Crippen LogP contribution in [0.3, 0.4) is 0 Å². The number of rotatable bonds is 2. The SMILES string of the molecule is FC(F)(F)c1ccc(Cl)c(CC2CCNCC2)c1. The standard InChI is InChI=1S/C13H15ClF3N/c14-12-2-1-11(13(15,16)17)8-10(12)7-9-3-5-18-6-4-9/h1-2,8-9,18H,3-7H2. The lowest BCUT2D eigenvalue weighted by Crippen LogP contribution is -2.28. The summed E-state index contributed by atoms with van der Waals surface area (Å²) in [7, 11) is 0. The number of hydrogen-bond donors (Lipinski definition) is 1. The van der Waals surface area contributed by atoms with E-state index in [0.29, 0.717) is 22.9 Å². The third-order valence-corrected chi connectivity index (χ3v) is 3.71. The van der Waals surface area contributed by atoms with Crippen LogP contribution in [0.4, 0.5) is 13.2 Å². The van der Waals surface area contributed by atoms with Crippen LogP contribution in [0.1, 0.15) is 24.0 Å². The van der Waals surface area contributed by atoms with Crippen molar-refractivity contribution in [2.45, 2.75) is 25.4 Å². The largest absolute Gasteiger partial charge is 0.416 e. The van der Waals surface area contributed by atoms with Gasteiger partial charge in [-0.25, -0.2) is 0 Å². The first-order chi connectivity index (χ1) is 8.47. The average molecular weight is 278 g/mol. The van der Waals surface area contributed by atoms with Gasteiger partial charge in [0.15, 0.2) is 0 Å². The first kappa shape index (κ1) is 13.7. The van der Waals surface area contributed by atoms with E-state index in [1.54, 1.807) is 0 Å². The van der Waals surface area contributed by atoms with Gasteiger partial charge in [0.25, 0.3) is 0 Å². The smallest absolute Gasteiger partial charge is 0.317 e. The molecule has 0 spiro atoms. The fraction of sp³-hybridized carbons (Fsp3) is 0.538. The normalized spacial score (nSPS) is 18.0. The molecule has 1 N–H and O–H groups in total. The molecule has 18 heavy (non-hydrogen) atoms. The zero-order chi connectivity index (χ0) is 13.2. The van der Waals surface area contributed by atoms with E-state index >= 15 is 0 Å². The lowest BCUT2D eigenvalue weighted by atomic mass is 9.90. The van der Waals surface area contributed by atoms with Gasteiger partial charge >= 0.3 is 6.18 Å². The summed E-state index contributed by atoms with van der Waals surface area (Å²) in [6.45, 7) is 1.86. The van der Waals surface area contributed by atoms with E-state index in [4.69, 9.17) is 11.6 Å². The predicted octanol–water partition coefficient (Wildman–Crippen LogP) is 3.90. The Hall–Kier alpha value is -0.740. The summed E-state index contributed by atoms with van der Waals surface area (Å²) in [6.07, 6.45) is -1.68. The quantitative estimate of drug-likeness (QED) is 0.864. The summed E-state index contributed by atoms with van der Waals surface area (Å²) in [5, 5.41) is 3.67. The maximum atomic E-state index is 12.6. The highest BCUT2D eigenvalue weighted by Crippen LogP contribution is 2.33. The van der Waals surface area contributed by atoms with Crippen LogP contribution in [0, 0.1) is 5.92 Å². The van der Waals surface area contributed by atoms with Crippen LogP contribution in [-0.4, -0.2) is 13.1 Å². The second kappa shape index (κ2) is 5.49. The van der Waals surface area contributed by atoms with Gasteiger partial charge in [0.1, 0.15) is 0 Å². The van der Waals surface area contributed by atoms with Crippen LogP contribution in [0.2, 0.25) is 5.02 Å². The molecule has 1 saturated heterocycles. The van der Waals surface area contributed by atoms with Crippen LogP contribution in [0.25, 0.3) is 0 Å². The van der Waals surface area contributed by atoms with Gasteiger partial charge in [0.2, 0.25) is 0 Å². The molecule has 0 aromatic heterocycles. The predicted molar refractivity (Wildman–Crippen MR) is 65.8 cm³/mol. The highest BCUT2D eigenvalue weighted by molar-refractivity contribution is 6.31. The number of alkyl halides is 3. The minimum absolute atomic E-state index is 0.423. The van der Waals surface area contributed by atoms with E-state index in [1.807, 2.05) is 0 Å². The third-order valence-electron chi connectivity index (χ3n) is 3.34. The Morgan fingerprint density at radius 1 is 1.22 bits per heavy atom. The van der Waals surface area contributed by atoms with Crippen LogP contribution < -0.4 is 5.32 Å². The summed E-state index contributed by atoms with van der Waals surface area (Å²) < 4.78 is 37.9. The number of piperidine rings is 1. The van der Waals surface area contributed by atoms with Crippen molar-refractivity contribution in [3.63, 3.8) is 0 Å². The van der Waals surface area contributed by atoms with Gasteiger partial charge in [-0.05, 0) is 62.0 Å². The molecule has 0 bridgehead atoms. The zero-order valence-corrected chi connectivity index (χ0v) is 10.6. The first-order valence-corrected chi connectivity index (χ1v) is 6.41. The summed E-state index contributed by atoms with van der Waals surface area (Å²) in [6, 6.07) is 3.57. The second-order valence-corrected chi connectivity index (χ2v) is 5.11. The minimum Gasteiger partial charge on any atom is -0.317 e. The Labute approximate surface area is 109 Å². The van der Waals surface area contributed by atoms with Crippen LogP contribution >= 0.6 is 11.6 Å². The zero-order valence-electron chi connectivity index (χ0n) is 9.86. The van der Waals surface area contributed by atoms with E-state index in [1.165, 1.54) is 12.1 Å². The maximum Gasteiger partial charge on any atom is 0.416 e. The number of nitrogens with one attached hydrogen (secondary N) is 1. The van der Waals surface area contributed by atoms with Gasteiger partial charge in [0, 0.05) is 5.02 Å². The molecular formula is C13H15ClF3N. The van der Waals surface area contributed by atoms with Crippen molar-refractivity contribution >= 4 is 11.6 Å². The first-order valence-electron chi connectivity index (χ1n) is 6.03. The van der Waals surface area contributed by atoms with E-state index in [-0.39, 0.29) is 0 Å². The molecule has 1 aromatic carbocycles. The lowest BCUT2D eigenvalue weighted by Gasteiger charge is -2.23. The Morgan fingerprint density at radius 2 is 1.89 bits per heavy atom. The van der Waals surface area contributed by atoms with Gasteiger partial charge in [-0.1, -0.05) is 11.6 Å². The Kier molecular flexibility index (Phi) is 4.17. The Bertz CT molecular complexity index is 411. The number of hydrogen-bond acceptors (Lipinski definition) is 1. The molecular weight excluding hydrogens is 263 g/mol. The van der Waals surface area contributed by atoms with Crippen LogP contribution in [0.5, 0.6) is 0 Å². The maximum absolute atomic E-state index is 12.6. The second-order valence-electron chi connectivity index (χ2n) is 4.70. The Morgan fingerprint density at radius 3 is 2.50 bits per heavy atom. The van der Waals surface area contributed by atoms with E-state index in [0.717, 1.165) is 32.0 Å². The molecule has 1 aliphatic rings. The molecule has 5 heteroatoms. The summed E-state index contributed by atoms with van der Waals surface area (Å²) >= 11 is 5.98. The molecule has 0 atom stereocenters. The fourth-order valence-electron chi connectivity index (χ4n) is 2.30. The molecule has 1 aromatic rings.